The zero-order valence-corrected chi connectivity index (χ0v) is 27.2. The molecule has 0 bridgehead atoms. The summed E-state index contributed by atoms with van der Waals surface area (Å²) in [6, 6.07) is 54.4. The smallest absolute Gasteiger partial charge is 0.132 e. The monoisotopic (exact) mass is 634 g/mol. The lowest BCUT2D eigenvalue weighted by Gasteiger charge is -2.22. The van der Waals surface area contributed by atoms with Gasteiger partial charge in [-0.2, -0.15) is 0 Å². The van der Waals surface area contributed by atoms with Gasteiger partial charge in [-0.05, 0) is 100 Å². The molecule has 0 fully saturated rings. The van der Waals surface area contributed by atoms with Crippen molar-refractivity contribution in [2.24, 2.45) is 0 Å². The fraction of sp³-hybridized carbons (Fsp3) is 0.0204. The normalized spacial score (nSPS) is 12.3. The Labute approximate surface area is 290 Å². The molecule has 0 unspecified atom stereocenters. The molecular formula is C49H30O. The van der Waals surface area contributed by atoms with E-state index in [2.05, 4.69) is 157 Å². The van der Waals surface area contributed by atoms with E-state index in [4.69, 9.17) is 0 Å². The van der Waals surface area contributed by atoms with Crippen molar-refractivity contribution in [3.8, 4) is 51.0 Å². The van der Waals surface area contributed by atoms with Gasteiger partial charge in [0.2, 0.25) is 0 Å². The van der Waals surface area contributed by atoms with Gasteiger partial charge in [-0.3, -0.25) is 0 Å². The van der Waals surface area contributed by atoms with Crippen LogP contribution in [0.4, 0.5) is 0 Å². The quantitative estimate of drug-likeness (QED) is 0.151. The Morgan fingerprint density at radius 3 is 1.76 bits per heavy atom. The number of phenolic OH excluding ortho intramolecular Hbond substituents is 1. The number of hydrogen-bond donors (Lipinski definition) is 1. The van der Waals surface area contributed by atoms with E-state index < -0.39 is 0 Å². The Kier molecular flexibility index (Phi) is 6.38. The molecule has 50 heavy (non-hydrogen) atoms. The fourth-order valence-corrected chi connectivity index (χ4v) is 8.12. The number of benzene rings is 9. The number of rotatable bonds is 3. The molecule has 0 aromatic heterocycles. The Hall–Kier alpha value is -6.62. The molecule has 0 heterocycles. The minimum Gasteiger partial charge on any atom is -0.507 e. The second-order valence-electron chi connectivity index (χ2n) is 13.1. The summed E-state index contributed by atoms with van der Waals surface area (Å²) in [5.41, 5.74) is 9.00. The molecule has 1 heteroatoms. The molecule has 232 valence electrons. The third-order valence-electron chi connectivity index (χ3n) is 10.3. The first kappa shape index (κ1) is 28.4. The van der Waals surface area contributed by atoms with Crippen molar-refractivity contribution in [3.63, 3.8) is 0 Å². The molecule has 1 nitrogen and oxygen atoms in total. The Morgan fingerprint density at radius 1 is 0.460 bits per heavy atom. The standard InChI is InChI=1S/C49H30O/c50-49-38-20-7-6-17-34(38)30-45-44(29-33-16-2-1-3-19-37(33)48(45)49)47-42-24-12-10-22-40(42)46(41-23-11-13-25-43(41)47)39-21-9-8-18-36(39)35-27-26-31-14-4-5-15-32(31)28-35/h2,4-18,20-30,50H,1H2. The van der Waals surface area contributed by atoms with Crippen molar-refractivity contribution in [3.05, 3.63) is 169 Å². The van der Waals surface area contributed by atoms with Crippen molar-refractivity contribution < 1.29 is 5.11 Å². The molecule has 0 atom stereocenters. The van der Waals surface area contributed by atoms with Crippen LogP contribution >= 0.6 is 0 Å². The SMILES string of the molecule is Oc1c2ccccc2cc2c(-c3c4ccccc4c(-c4ccccc4-c4ccc5ccccc5c4)c4ccccc34)cc3c(c12)C#CCC=C3. The van der Waals surface area contributed by atoms with Crippen LogP contribution in [-0.2, 0) is 0 Å². The Bertz CT molecular complexity index is 2910. The van der Waals surface area contributed by atoms with E-state index in [-0.39, 0.29) is 5.75 Å². The van der Waals surface area contributed by atoms with Gasteiger partial charge in [0.05, 0.1) is 0 Å². The van der Waals surface area contributed by atoms with Crippen LogP contribution in [0.25, 0.3) is 93.3 Å². The predicted octanol–water partition coefficient (Wildman–Crippen LogP) is 12.9. The molecule has 0 spiro atoms. The molecule has 9 aromatic carbocycles. The van der Waals surface area contributed by atoms with E-state index in [1.165, 1.54) is 54.6 Å². The van der Waals surface area contributed by atoms with E-state index in [0.29, 0.717) is 6.42 Å². The van der Waals surface area contributed by atoms with Gasteiger partial charge in [0, 0.05) is 22.8 Å². The van der Waals surface area contributed by atoms with E-state index in [9.17, 15) is 5.11 Å². The minimum absolute atomic E-state index is 0.287. The Morgan fingerprint density at radius 2 is 1.04 bits per heavy atom. The van der Waals surface area contributed by atoms with E-state index in [1.54, 1.807) is 0 Å². The summed E-state index contributed by atoms with van der Waals surface area (Å²) >= 11 is 0. The van der Waals surface area contributed by atoms with Gasteiger partial charge >= 0.3 is 0 Å². The van der Waals surface area contributed by atoms with Crippen molar-refractivity contribution >= 4 is 59.9 Å². The van der Waals surface area contributed by atoms with Crippen LogP contribution in [0.5, 0.6) is 5.75 Å². The summed E-state index contributed by atoms with van der Waals surface area (Å²) in [7, 11) is 0. The second kappa shape index (κ2) is 11.2. The highest BCUT2D eigenvalue weighted by Gasteiger charge is 2.23. The molecule has 0 amide bonds. The first-order valence-corrected chi connectivity index (χ1v) is 17.1. The van der Waals surface area contributed by atoms with Gasteiger partial charge in [-0.25, -0.2) is 0 Å². The first-order chi connectivity index (χ1) is 24.7. The number of phenols is 1. The van der Waals surface area contributed by atoms with Gasteiger partial charge in [0.15, 0.2) is 0 Å². The van der Waals surface area contributed by atoms with Crippen LogP contribution in [0.2, 0.25) is 0 Å². The zero-order valence-electron chi connectivity index (χ0n) is 27.2. The molecule has 9 aromatic rings. The lowest BCUT2D eigenvalue weighted by atomic mass is 9.81. The van der Waals surface area contributed by atoms with E-state index in [1.807, 2.05) is 18.2 Å². The maximum absolute atomic E-state index is 12.0. The number of allylic oxidation sites excluding steroid dienone is 1. The minimum atomic E-state index is 0.287. The van der Waals surface area contributed by atoms with Crippen molar-refractivity contribution in [1.29, 1.82) is 0 Å². The van der Waals surface area contributed by atoms with Gasteiger partial charge in [0.25, 0.3) is 0 Å². The van der Waals surface area contributed by atoms with E-state index >= 15 is 0 Å². The molecule has 10 rings (SSSR count). The number of hydrogen-bond acceptors (Lipinski definition) is 1. The predicted molar refractivity (Wildman–Crippen MR) is 212 cm³/mol. The van der Waals surface area contributed by atoms with Gasteiger partial charge < -0.3 is 5.11 Å². The molecule has 0 saturated carbocycles. The lowest BCUT2D eigenvalue weighted by Crippen LogP contribution is -1.96. The summed E-state index contributed by atoms with van der Waals surface area (Å²) in [6.45, 7) is 0. The van der Waals surface area contributed by atoms with Crippen LogP contribution in [0.3, 0.4) is 0 Å². The summed E-state index contributed by atoms with van der Waals surface area (Å²) in [5, 5.41) is 22.8. The maximum atomic E-state index is 12.0. The van der Waals surface area contributed by atoms with Gasteiger partial charge in [-0.15, -0.1) is 0 Å². The van der Waals surface area contributed by atoms with Crippen molar-refractivity contribution in [2.75, 3.05) is 0 Å². The largest absolute Gasteiger partial charge is 0.507 e. The highest BCUT2D eigenvalue weighted by Crippen LogP contribution is 2.50. The second-order valence-corrected chi connectivity index (χ2v) is 13.1. The van der Waals surface area contributed by atoms with Crippen LogP contribution < -0.4 is 0 Å². The van der Waals surface area contributed by atoms with Crippen LogP contribution in [0, 0.1) is 11.8 Å². The zero-order chi connectivity index (χ0) is 33.2. The van der Waals surface area contributed by atoms with Gasteiger partial charge in [-0.1, -0.05) is 157 Å². The van der Waals surface area contributed by atoms with Gasteiger partial charge in [0.1, 0.15) is 5.75 Å². The lowest BCUT2D eigenvalue weighted by molar-refractivity contribution is 0.487. The fourth-order valence-electron chi connectivity index (χ4n) is 8.12. The maximum Gasteiger partial charge on any atom is 0.132 e. The molecule has 0 saturated heterocycles. The Balaban J connectivity index is 1.34. The molecular weight excluding hydrogens is 605 g/mol. The molecule has 1 N–H and O–H groups in total. The highest BCUT2D eigenvalue weighted by molar-refractivity contribution is 6.26. The van der Waals surface area contributed by atoms with Crippen LogP contribution in [-0.4, -0.2) is 5.11 Å². The van der Waals surface area contributed by atoms with Crippen LogP contribution in [0.15, 0.2) is 158 Å². The summed E-state index contributed by atoms with van der Waals surface area (Å²) in [4.78, 5) is 0. The number of fused-ring (bicyclic) bond motifs is 7. The third-order valence-corrected chi connectivity index (χ3v) is 10.3. The topological polar surface area (TPSA) is 20.2 Å². The summed E-state index contributed by atoms with van der Waals surface area (Å²) < 4.78 is 0. The van der Waals surface area contributed by atoms with Crippen LogP contribution in [0.1, 0.15) is 17.5 Å². The third kappa shape index (κ3) is 4.29. The highest BCUT2D eigenvalue weighted by atomic mass is 16.3. The molecule has 0 radical (unpaired) electrons. The molecule has 1 aliphatic rings. The summed E-state index contributed by atoms with van der Waals surface area (Å²) in [6.07, 6.45) is 4.95. The molecule has 1 aliphatic carbocycles. The first-order valence-electron chi connectivity index (χ1n) is 17.1. The number of aromatic hydroxyl groups is 1. The van der Waals surface area contributed by atoms with Crippen molar-refractivity contribution in [2.45, 2.75) is 6.42 Å². The average Bonchev–Trinajstić information content (AvgIpc) is 3.42. The molecule has 0 aliphatic heterocycles. The van der Waals surface area contributed by atoms with Crippen molar-refractivity contribution in [1.82, 2.24) is 0 Å². The van der Waals surface area contributed by atoms with E-state index in [0.717, 1.165) is 43.8 Å². The summed E-state index contributed by atoms with van der Waals surface area (Å²) in [5.74, 6) is 7.00. The average molecular weight is 635 g/mol.